The van der Waals surface area contributed by atoms with E-state index >= 15 is 0 Å². The van der Waals surface area contributed by atoms with Gasteiger partial charge in [0, 0.05) is 12.8 Å². The fraction of sp³-hybridized carbons (Fsp3) is 0.692. The summed E-state index contributed by atoms with van der Waals surface area (Å²) in [5.74, 6) is -36.7. The van der Waals surface area contributed by atoms with Crippen molar-refractivity contribution < 1.29 is 61.5 Å². The summed E-state index contributed by atoms with van der Waals surface area (Å²) in [5.41, 5.74) is -6.52. The van der Waals surface area contributed by atoms with Gasteiger partial charge in [0.15, 0.2) is 0 Å². The molecular formula is C13H10F14. The van der Waals surface area contributed by atoms with Crippen LogP contribution in [0.2, 0.25) is 0 Å². The van der Waals surface area contributed by atoms with E-state index in [4.69, 9.17) is 0 Å². The van der Waals surface area contributed by atoms with E-state index in [0.29, 0.717) is 0 Å². The predicted molar refractivity (Wildman–Crippen MR) is 64.3 cm³/mol. The third-order valence-corrected chi connectivity index (χ3v) is 3.42. The van der Waals surface area contributed by atoms with Crippen LogP contribution < -0.4 is 0 Å². The average Bonchev–Trinajstić information content (AvgIpc) is 2.45. The van der Waals surface area contributed by atoms with E-state index in [9.17, 15) is 61.5 Å². The minimum atomic E-state index is -7.90. The standard InChI is InChI=1S/C13H10F14/c1-3-5-7(14,13(25,26)27)9(17,18)11(21,22)12(23,24)10(19,20)8(15,16)6-4-2/h3-4H,1-2,5-6H2. The maximum absolute atomic E-state index is 13.7. The van der Waals surface area contributed by atoms with Crippen molar-refractivity contribution in [1.82, 2.24) is 0 Å². The first-order valence-electron chi connectivity index (χ1n) is 6.49. The molecule has 0 aromatic rings. The normalized spacial score (nSPS) is 17.4. The van der Waals surface area contributed by atoms with Gasteiger partial charge in [-0.1, -0.05) is 12.2 Å². The van der Waals surface area contributed by atoms with Crippen molar-refractivity contribution in [3.05, 3.63) is 25.3 Å². The summed E-state index contributed by atoms with van der Waals surface area (Å²) in [6.45, 7) is 4.78. The third-order valence-electron chi connectivity index (χ3n) is 3.42. The van der Waals surface area contributed by atoms with Crippen LogP contribution in [0, 0.1) is 0 Å². The second-order valence-corrected chi connectivity index (χ2v) is 5.29. The monoisotopic (exact) mass is 432 g/mol. The molecule has 160 valence electrons. The van der Waals surface area contributed by atoms with E-state index in [1.54, 1.807) is 0 Å². The smallest absolute Gasteiger partial charge is 0.226 e. The molecule has 0 rings (SSSR count). The van der Waals surface area contributed by atoms with Crippen LogP contribution in [0.15, 0.2) is 25.3 Å². The van der Waals surface area contributed by atoms with Crippen molar-refractivity contribution in [2.45, 2.75) is 54.3 Å². The molecular weight excluding hydrogens is 422 g/mol. The Balaban J connectivity index is 6.66. The van der Waals surface area contributed by atoms with Gasteiger partial charge in [0.05, 0.1) is 0 Å². The number of hydrogen-bond acceptors (Lipinski definition) is 0. The van der Waals surface area contributed by atoms with Crippen molar-refractivity contribution in [2.75, 3.05) is 0 Å². The lowest BCUT2D eigenvalue weighted by Crippen LogP contribution is -2.73. The van der Waals surface area contributed by atoms with Gasteiger partial charge < -0.3 is 0 Å². The van der Waals surface area contributed by atoms with Gasteiger partial charge in [-0.05, 0) is 0 Å². The van der Waals surface area contributed by atoms with E-state index in [-0.39, 0.29) is 12.2 Å². The first-order valence-corrected chi connectivity index (χ1v) is 6.49. The highest BCUT2D eigenvalue weighted by Gasteiger charge is 2.91. The van der Waals surface area contributed by atoms with Crippen LogP contribution in [-0.4, -0.2) is 41.5 Å². The predicted octanol–water partition coefficient (Wildman–Crippen LogP) is 6.59. The Labute approximate surface area is 142 Å². The Morgan fingerprint density at radius 1 is 0.481 bits per heavy atom. The molecule has 14 heteroatoms. The zero-order chi connectivity index (χ0) is 22.3. The van der Waals surface area contributed by atoms with Crippen LogP contribution in [0.4, 0.5) is 61.5 Å². The molecule has 0 amide bonds. The summed E-state index contributed by atoms with van der Waals surface area (Å²) in [6.07, 6.45) is -12.7. The van der Waals surface area contributed by atoms with Gasteiger partial charge in [0.2, 0.25) is 0 Å². The Bertz CT molecular complexity index is 558. The van der Waals surface area contributed by atoms with Gasteiger partial charge in [-0.2, -0.15) is 57.1 Å². The number of rotatable bonds is 9. The molecule has 0 nitrogen and oxygen atoms in total. The Morgan fingerprint density at radius 2 is 0.815 bits per heavy atom. The number of allylic oxidation sites excluding steroid dienone is 2. The Hall–Kier alpha value is -1.50. The van der Waals surface area contributed by atoms with Crippen LogP contribution >= 0.6 is 0 Å². The fourth-order valence-corrected chi connectivity index (χ4v) is 1.80. The summed E-state index contributed by atoms with van der Waals surface area (Å²) >= 11 is 0. The minimum absolute atomic E-state index is 0.160. The molecule has 0 aromatic carbocycles. The van der Waals surface area contributed by atoms with Crippen LogP contribution in [0.1, 0.15) is 12.8 Å². The van der Waals surface area contributed by atoms with Crippen molar-refractivity contribution in [1.29, 1.82) is 0 Å². The lowest BCUT2D eigenvalue weighted by molar-refractivity contribution is -0.432. The maximum Gasteiger partial charge on any atom is 0.429 e. The third kappa shape index (κ3) is 3.39. The van der Waals surface area contributed by atoms with E-state index in [2.05, 4.69) is 13.2 Å². The van der Waals surface area contributed by atoms with E-state index in [1.165, 1.54) is 0 Å². The van der Waals surface area contributed by atoms with E-state index in [1.807, 2.05) is 0 Å². The Morgan fingerprint density at radius 3 is 1.11 bits per heavy atom. The minimum Gasteiger partial charge on any atom is -0.226 e. The SMILES string of the molecule is C=CCC(F)(F)C(F)(F)C(F)(F)C(F)(F)C(F)(F)C(F)(CC=C)C(F)(F)F. The molecule has 0 aliphatic rings. The highest BCUT2D eigenvalue weighted by atomic mass is 19.4. The van der Waals surface area contributed by atoms with E-state index in [0.717, 1.165) is 0 Å². The molecule has 1 unspecified atom stereocenters. The number of alkyl halides is 14. The largest absolute Gasteiger partial charge is 0.429 e. The van der Waals surface area contributed by atoms with Crippen LogP contribution in [0.25, 0.3) is 0 Å². The molecule has 0 spiro atoms. The molecule has 0 heterocycles. The Kier molecular flexibility index (Phi) is 6.45. The first kappa shape index (κ1) is 25.5. The molecule has 0 radical (unpaired) electrons. The lowest BCUT2D eigenvalue weighted by atomic mass is 9.83. The number of halogens is 14. The first-order chi connectivity index (χ1) is 11.6. The van der Waals surface area contributed by atoms with Gasteiger partial charge in [-0.3, -0.25) is 0 Å². The highest BCUT2D eigenvalue weighted by Crippen LogP contribution is 2.63. The summed E-state index contributed by atoms with van der Waals surface area (Å²) in [6, 6.07) is 0. The molecule has 0 aliphatic heterocycles. The summed E-state index contributed by atoms with van der Waals surface area (Å²) in [7, 11) is 0. The zero-order valence-corrected chi connectivity index (χ0v) is 12.8. The zero-order valence-electron chi connectivity index (χ0n) is 12.8. The lowest BCUT2D eigenvalue weighted by Gasteiger charge is -2.43. The molecule has 0 bridgehead atoms. The molecule has 27 heavy (non-hydrogen) atoms. The molecule has 0 fully saturated rings. The van der Waals surface area contributed by atoms with E-state index < -0.39 is 54.3 Å². The quantitative estimate of drug-likeness (QED) is 0.285. The van der Waals surface area contributed by atoms with Crippen molar-refractivity contribution in [3.8, 4) is 0 Å². The summed E-state index contributed by atoms with van der Waals surface area (Å²) in [5, 5.41) is 0. The molecule has 1 atom stereocenters. The van der Waals surface area contributed by atoms with Crippen molar-refractivity contribution in [2.24, 2.45) is 0 Å². The van der Waals surface area contributed by atoms with Gasteiger partial charge in [0.25, 0.3) is 5.67 Å². The number of hydrogen-bond donors (Lipinski definition) is 0. The van der Waals surface area contributed by atoms with Crippen molar-refractivity contribution in [3.63, 3.8) is 0 Å². The fourth-order valence-electron chi connectivity index (χ4n) is 1.80. The highest BCUT2D eigenvalue weighted by molar-refractivity contribution is 5.17. The molecule has 0 aliphatic carbocycles. The molecule has 0 saturated carbocycles. The molecule has 0 aromatic heterocycles. The average molecular weight is 432 g/mol. The second-order valence-electron chi connectivity index (χ2n) is 5.29. The van der Waals surface area contributed by atoms with Gasteiger partial charge in [0.1, 0.15) is 0 Å². The van der Waals surface area contributed by atoms with Crippen molar-refractivity contribution >= 4 is 0 Å². The summed E-state index contributed by atoms with van der Waals surface area (Å²) < 4.78 is 185. The van der Waals surface area contributed by atoms with Gasteiger partial charge >= 0.3 is 35.8 Å². The topological polar surface area (TPSA) is 0 Å². The van der Waals surface area contributed by atoms with Crippen LogP contribution in [0.5, 0.6) is 0 Å². The molecule has 0 N–H and O–H groups in total. The summed E-state index contributed by atoms with van der Waals surface area (Å²) in [4.78, 5) is 0. The second kappa shape index (κ2) is 6.83. The van der Waals surface area contributed by atoms with Crippen LogP contribution in [-0.2, 0) is 0 Å². The molecule has 0 saturated heterocycles. The van der Waals surface area contributed by atoms with Gasteiger partial charge in [-0.25, -0.2) is 4.39 Å². The van der Waals surface area contributed by atoms with Crippen LogP contribution in [0.3, 0.4) is 0 Å². The maximum atomic E-state index is 13.7. The van der Waals surface area contributed by atoms with Gasteiger partial charge in [-0.15, -0.1) is 13.2 Å².